The van der Waals surface area contributed by atoms with Gasteiger partial charge in [-0.3, -0.25) is 0 Å². The van der Waals surface area contributed by atoms with Gasteiger partial charge in [-0.15, -0.1) is 0 Å². The molecule has 0 aliphatic heterocycles. The number of anilines is 2. The zero-order valence-corrected chi connectivity index (χ0v) is 12.0. The summed E-state index contributed by atoms with van der Waals surface area (Å²) in [5, 5.41) is 2.97. The molecule has 0 saturated heterocycles. The monoisotopic (exact) mass is 310 g/mol. The maximum atomic E-state index is 12.8. The summed E-state index contributed by atoms with van der Waals surface area (Å²) in [6.45, 7) is 1.73. The summed E-state index contributed by atoms with van der Waals surface area (Å²) in [6.07, 6.45) is -4.38. The summed E-state index contributed by atoms with van der Waals surface area (Å²) < 4.78 is 38.3. The van der Waals surface area contributed by atoms with Crippen LogP contribution in [0.15, 0.2) is 42.5 Å². The number of nitrogens with two attached hydrogens (primary N) is 1. The zero-order valence-electron chi connectivity index (χ0n) is 11.2. The molecule has 0 unspecified atom stereocenters. The van der Waals surface area contributed by atoms with Gasteiger partial charge in [-0.1, -0.05) is 30.4 Å². The topological polar surface area (TPSA) is 38.0 Å². The molecule has 0 atom stereocenters. The van der Waals surface area contributed by atoms with E-state index in [0.717, 1.165) is 12.1 Å². The quantitative estimate of drug-likeness (QED) is 0.826. The normalized spacial score (nSPS) is 11.2. The molecule has 0 radical (unpaired) electrons. The first-order chi connectivity index (χ1) is 9.79. The van der Waals surface area contributed by atoms with E-state index < -0.39 is 11.7 Å². The second-order valence-corrected chi connectivity index (χ2v) is 5.00. The van der Waals surface area contributed by atoms with Crippen molar-refractivity contribution in [3.63, 3.8) is 0 Å². The lowest BCUT2D eigenvalue weighted by atomic mass is 10.1. The Morgan fingerprint density at radius 2 is 1.76 bits per heavy atom. The lowest BCUT2D eigenvalue weighted by molar-refractivity contribution is -0.137. The summed E-state index contributed by atoms with van der Waals surface area (Å²) in [6, 6.07) is 10.5. The molecule has 2 aromatic rings. The number of benzene rings is 2. The number of nitrogens with one attached hydrogen (secondary N) is 1. The average molecular weight is 310 g/mol. The van der Waals surface area contributed by atoms with Crippen LogP contribution in [0.25, 0.3) is 0 Å². The number of hydrogen-bond donors (Lipinski definition) is 2. The number of aryl methyl sites for hydroxylation is 1. The van der Waals surface area contributed by atoms with Crippen molar-refractivity contribution < 1.29 is 13.2 Å². The van der Waals surface area contributed by atoms with Crippen LogP contribution in [0.1, 0.15) is 16.7 Å². The van der Waals surface area contributed by atoms with Crippen molar-refractivity contribution in [1.29, 1.82) is 0 Å². The summed E-state index contributed by atoms with van der Waals surface area (Å²) in [5.41, 5.74) is 7.14. The highest BCUT2D eigenvalue weighted by Crippen LogP contribution is 2.33. The summed E-state index contributed by atoms with van der Waals surface area (Å²) in [5.74, 6) is 0. The average Bonchev–Trinajstić information content (AvgIpc) is 2.40. The SMILES string of the molecule is Cc1ccc(C(F)(F)F)cc1Nc1ccccc1C(N)=S. The largest absolute Gasteiger partial charge is 0.416 e. The third-order valence-corrected chi connectivity index (χ3v) is 3.25. The number of hydrogen-bond acceptors (Lipinski definition) is 2. The molecule has 2 aromatic carbocycles. The van der Waals surface area contributed by atoms with Crippen molar-refractivity contribution in [2.45, 2.75) is 13.1 Å². The van der Waals surface area contributed by atoms with Gasteiger partial charge in [-0.05, 0) is 36.8 Å². The first-order valence-electron chi connectivity index (χ1n) is 6.13. The van der Waals surface area contributed by atoms with Crippen LogP contribution in [0.3, 0.4) is 0 Å². The summed E-state index contributed by atoms with van der Waals surface area (Å²) in [4.78, 5) is 0.183. The van der Waals surface area contributed by atoms with Crippen LogP contribution >= 0.6 is 12.2 Å². The molecule has 0 fully saturated rings. The molecular formula is C15H13F3N2S. The van der Waals surface area contributed by atoms with Gasteiger partial charge in [-0.2, -0.15) is 13.2 Å². The van der Waals surface area contributed by atoms with Gasteiger partial charge in [0, 0.05) is 16.9 Å². The van der Waals surface area contributed by atoms with Crippen LogP contribution < -0.4 is 11.1 Å². The Balaban J connectivity index is 2.43. The second-order valence-electron chi connectivity index (χ2n) is 4.56. The molecule has 110 valence electrons. The lowest BCUT2D eigenvalue weighted by Gasteiger charge is -2.15. The predicted octanol–water partition coefficient (Wildman–Crippen LogP) is 4.39. The minimum absolute atomic E-state index is 0.183. The standard InChI is InChI=1S/C15H13F3N2S/c1-9-6-7-10(15(16,17)18)8-13(9)20-12-5-3-2-4-11(12)14(19)21/h2-8,20H,1H3,(H2,19,21). The fraction of sp³-hybridized carbons (Fsp3) is 0.133. The molecule has 0 amide bonds. The van der Waals surface area contributed by atoms with Gasteiger partial charge in [0.05, 0.1) is 5.56 Å². The number of halogens is 3. The van der Waals surface area contributed by atoms with Crippen molar-refractivity contribution in [3.8, 4) is 0 Å². The minimum atomic E-state index is -4.38. The van der Waals surface area contributed by atoms with Crippen molar-refractivity contribution in [2.75, 3.05) is 5.32 Å². The van der Waals surface area contributed by atoms with E-state index >= 15 is 0 Å². The van der Waals surface area contributed by atoms with Gasteiger partial charge >= 0.3 is 6.18 Å². The number of alkyl halides is 3. The molecule has 0 saturated carbocycles. The van der Waals surface area contributed by atoms with E-state index in [9.17, 15) is 13.2 Å². The Hall–Kier alpha value is -2.08. The Morgan fingerprint density at radius 1 is 1.10 bits per heavy atom. The maximum Gasteiger partial charge on any atom is 0.416 e. The van der Waals surface area contributed by atoms with Gasteiger partial charge in [0.25, 0.3) is 0 Å². The predicted molar refractivity (Wildman–Crippen MR) is 81.8 cm³/mol. The second kappa shape index (κ2) is 5.73. The molecule has 0 spiro atoms. The molecule has 0 bridgehead atoms. The molecule has 2 nitrogen and oxygen atoms in total. The highest BCUT2D eigenvalue weighted by atomic mass is 32.1. The molecule has 6 heteroatoms. The van der Waals surface area contributed by atoms with Crippen LogP contribution in [0.5, 0.6) is 0 Å². The third-order valence-electron chi connectivity index (χ3n) is 3.03. The van der Waals surface area contributed by atoms with E-state index in [4.69, 9.17) is 18.0 Å². The number of para-hydroxylation sites is 1. The summed E-state index contributed by atoms with van der Waals surface area (Å²) >= 11 is 4.94. The molecule has 21 heavy (non-hydrogen) atoms. The molecular weight excluding hydrogens is 297 g/mol. The highest BCUT2D eigenvalue weighted by molar-refractivity contribution is 7.80. The van der Waals surface area contributed by atoms with E-state index in [1.54, 1.807) is 31.2 Å². The molecule has 0 aromatic heterocycles. The van der Waals surface area contributed by atoms with E-state index in [1.165, 1.54) is 6.07 Å². The Bertz CT molecular complexity index is 681. The van der Waals surface area contributed by atoms with Crippen molar-refractivity contribution in [2.24, 2.45) is 5.73 Å². The molecule has 0 aliphatic rings. The Kier molecular flexibility index (Phi) is 4.18. The van der Waals surface area contributed by atoms with Crippen LogP contribution in [0, 0.1) is 6.92 Å². The Labute approximate surface area is 125 Å². The van der Waals surface area contributed by atoms with Gasteiger partial charge in [0.1, 0.15) is 4.99 Å². The molecule has 2 rings (SSSR count). The van der Waals surface area contributed by atoms with Gasteiger partial charge in [-0.25, -0.2) is 0 Å². The Morgan fingerprint density at radius 3 is 2.38 bits per heavy atom. The van der Waals surface area contributed by atoms with Crippen molar-refractivity contribution in [3.05, 3.63) is 59.2 Å². The smallest absolute Gasteiger partial charge is 0.389 e. The van der Waals surface area contributed by atoms with E-state index in [1.807, 2.05) is 0 Å². The fourth-order valence-corrected chi connectivity index (χ4v) is 2.06. The minimum Gasteiger partial charge on any atom is -0.389 e. The molecule has 0 heterocycles. The van der Waals surface area contributed by atoms with E-state index in [2.05, 4.69) is 5.32 Å². The van der Waals surface area contributed by atoms with Crippen LogP contribution in [-0.4, -0.2) is 4.99 Å². The van der Waals surface area contributed by atoms with Gasteiger partial charge in [0.2, 0.25) is 0 Å². The van der Waals surface area contributed by atoms with Crippen LogP contribution in [0.4, 0.5) is 24.5 Å². The van der Waals surface area contributed by atoms with Gasteiger partial charge in [0.15, 0.2) is 0 Å². The number of rotatable bonds is 3. The maximum absolute atomic E-state index is 12.8. The van der Waals surface area contributed by atoms with Crippen molar-refractivity contribution >= 4 is 28.6 Å². The van der Waals surface area contributed by atoms with E-state index in [0.29, 0.717) is 22.5 Å². The van der Waals surface area contributed by atoms with E-state index in [-0.39, 0.29) is 4.99 Å². The number of thiocarbonyl (C=S) groups is 1. The van der Waals surface area contributed by atoms with Crippen molar-refractivity contribution in [1.82, 2.24) is 0 Å². The highest BCUT2D eigenvalue weighted by Gasteiger charge is 2.30. The molecule has 0 aliphatic carbocycles. The first kappa shape index (κ1) is 15.3. The van der Waals surface area contributed by atoms with Crippen LogP contribution in [0.2, 0.25) is 0 Å². The molecule has 3 N–H and O–H groups in total. The first-order valence-corrected chi connectivity index (χ1v) is 6.53. The van der Waals surface area contributed by atoms with Gasteiger partial charge < -0.3 is 11.1 Å². The zero-order chi connectivity index (χ0) is 15.6. The summed E-state index contributed by atoms with van der Waals surface area (Å²) in [7, 11) is 0. The lowest BCUT2D eigenvalue weighted by Crippen LogP contribution is -2.12. The fourth-order valence-electron chi connectivity index (χ4n) is 1.89. The van der Waals surface area contributed by atoms with Crippen LogP contribution in [-0.2, 0) is 6.18 Å². The third kappa shape index (κ3) is 3.52.